The summed E-state index contributed by atoms with van der Waals surface area (Å²) in [5.41, 5.74) is 0.533. The molecule has 5 nitrogen and oxygen atoms in total. The van der Waals surface area contributed by atoms with Gasteiger partial charge >= 0.3 is 6.09 Å². The van der Waals surface area contributed by atoms with Crippen molar-refractivity contribution in [3.05, 3.63) is 36.7 Å². The first-order chi connectivity index (χ1) is 9.96. The third-order valence-electron chi connectivity index (χ3n) is 2.79. The molecule has 0 fully saturated rings. The van der Waals surface area contributed by atoms with Crippen LogP contribution in [0.5, 0.6) is 0 Å². The van der Waals surface area contributed by atoms with E-state index in [2.05, 4.69) is 15.6 Å². The van der Waals surface area contributed by atoms with Crippen molar-refractivity contribution in [2.75, 3.05) is 18.4 Å². The zero-order valence-corrected chi connectivity index (χ0v) is 12.6. The number of pyridine rings is 1. The lowest BCUT2D eigenvalue weighted by molar-refractivity contribution is 0.0530. The molecule has 1 aromatic carbocycles. The molecule has 0 atom stereocenters. The molecule has 0 unspecified atom stereocenters. The van der Waals surface area contributed by atoms with Gasteiger partial charge in [-0.15, -0.1) is 0 Å². The van der Waals surface area contributed by atoms with Crippen molar-refractivity contribution < 1.29 is 9.53 Å². The summed E-state index contributed by atoms with van der Waals surface area (Å²) >= 11 is 0. The number of nitrogens with one attached hydrogen (secondary N) is 2. The SMILES string of the molecule is CC(C)(C)OC(=O)NCCNc1cccc2ccncc12. The highest BCUT2D eigenvalue weighted by Gasteiger charge is 2.15. The number of rotatable bonds is 4. The van der Waals surface area contributed by atoms with Crippen LogP contribution >= 0.6 is 0 Å². The summed E-state index contributed by atoms with van der Waals surface area (Å²) in [6.45, 7) is 6.63. The van der Waals surface area contributed by atoms with E-state index in [0.717, 1.165) is 16.5 Å². The van der Waals surface area contributed by atoms with Crippen molar-refractivity contribution in [2.45, 2.75) is 26.4 Å². The lowest BCUT2D eigenvalue weighted by Gasteiger charge is -2.19. The second kappa shape index (κ2) is 6.43. The van der Waals surface area contributed by atoms with Gasteiger partial charge in [0.25, 0.3) is 0 Å². The Morgan fingerprint density at radius 2 is 2.05 bits per heavy atom. The number of fused-ring (bicyclic) bond motifs is 1. The fourth-order valence-electron chi connectivity index (χ4n) is 1.94. The molecule has 112 valence electrons. The summed E-state index contributed by atoms with van der Waals surface area (Å²) in [6, 6.07) is 8.00. The van der Waals surface area contributed by atoms with Gasteiger partial charge in [0.1, 0.15) is 5.60 Å². The van der Waals surface area contributed by atoms with E-state index in [1.165, 1.54) is 0 Å². The van der Waals surface area contributed by atoms with E-state index >= 15 is 0 Å². The van der Waals surface area contributed by atoms with Gasteiger partial charge in [-0.3, -0.25) is 4.98 Å². The van der Waals surface area contributed by atoms with E-state index in [0.29, 0.717) is 13.1 Å². The molecule has 0 saturated carbocycles. The average Bonchev–Trinajstić information content (AvgIpc) is 2.42. The molecular formula is C16H21N3O2. The van der Waals surface area contributed by atoms with Crippen LogP contribution in [0.25, 0.3) is 10.8 Å². The number of carbonyl (C=O) groups is 1. The van der Waals surface area contributed by atoms with Gasteiger partial charge in [-0.25, -0.2) is 4.79 Å². The van der Waals surface area contributed by atoms with Crippen LogP contribution in [-0.2, 0) is 4.74 Å². The fourth-order valence-corrected chi connectivity index (χ4v) is 1.94. The first kappa shape index (κ1) is 15.1. The standard InChI is InChI=1S/C16H21N3O2/c1-16(2,3)21-15(20)19-10-9-18-14-6-4-5-12-7-8-17-11-13(12)14/h4-8,11,18H,9-10H2,1-3H3,(H,19,20). The molecule has 2 N–H and O–H groups in total. The van der Waals surface area contributed by atoms with Crippen LogP contribution in [0.1, 0.15) is 20.8 Å². The van der Waals surface area contributed by atoms with Crippen LogP contribution in [0.2, 0.25) is 0 Å². The molecule has 1 amide bonds. The number of alkyl carbamates (subject to hydrolysis) is 1. The highest BCUT2D eigenvalue weighted by atomic mass is 16.6. The van der Waals surface area contributed by atoms with Gasteiger partial charge in [-0.1, -0.05) is 12.1 Å². The molecule has 0 radical (unpaired) electrons. The van der Waals surface area contributed by atoms with Crippen LogP contribution in [0.15, 0.2) is 36.7 Å². The molecule has 0 aliphatic heterocycles. The first-order valence-corrected chi connectivity index (χ1v) is 6.99. The van der Waals surface area contributed by atoms with Crippen molar-refractivity contribution >= 4 is 22.6 Å². The second-order valence-electron chi connectivity index (χ2n) is 5.76. The third kappa shape index (κ3) is 4.63. The Kier molecular flexibility index (Phi) is 4.62. The molecular weight excluding hydrogens is 266 g/mol. The van der Waals surface area contributed by atoms with E-state index in [1.54, 1.807) is 6.20 Å². The molecule has 1 aromatic heterocycles. The number of carbonyl (C=O) groups excluding carboxylic acids is 1. The van der Waals surface area contributed by atoms with E-state index in [9.17, 15) is 4.79 Å². The van der Waals surface area contributed by atoms with Gasteiger partial charge in [-0.05, 0) is 38.3 Å². The van der Waals surface area contributed by atoms with Crippen LogP contribution in [0.3, 0.4) is 0 Å². The Morgan fingerprint density at radius 3 is 2.81 bits per heavy atom. The largest absolute Gasteiger partial charge is 0.444 e. The smallest absolute Gasteiger partial charge is 0.407 e. The van der Waals surface area contributed by atoms with E-state index < -0.39 is 11.7 Å². The normalized spacial score (nSPS) is 11.2. The highest BCUT2D eigenvalue weighted by molar-refractivity contribution is 5.93. The van der Waals surface area contributed by atoms with Crippen molar-refractivity contribution in [3.8, 4) is 0 Å². The highest BCUT2D eigenvalue weighted by Crippen LogP contribution is 2.21. The summed E-state index contributed by atoms with van der Waals surface area (Å²) in [5, 5.41) is 8.22. The Labute approximate surface area is 124 Å². The molecule has 0 aliphatic rings. The fraction of sp³-hybridized carbons (Fsp3) is 0.375. The minimum Gasteiger partial charge on any atom is -0.444 e. The summed E-state index contributed by atoms with van der Waals surface area (Å²) < 4.78 is 5.17. The molecule has 0 aliphatic carbocycles. The number of hydrogen-bond donors (Lipinski definition) is 2. The zero-order valence-electron chi connectivity index (χ0n) is 12.6. The summed E-state index contributed by atoms with van der Waals surface area (Å²) in [6.07, 6.45) is 3.21. The number of anilines is 1. The number of amides is 1. The van der Waals surface area contributed by atoms with E-state index in [1.807, 2.05) is 51.2 Å². The van der Waals surface area contributed by atoms with Crippen LogP contribution in [0, 0.1) is 0 Å². The molecule has 0 saturated heterocycles. The minimum absolute atomic E-state index is 0.399. The molecule has 2 aromatic rings. The van der Waals surface area contributed by atoms with Crippen molar-refractivity contribution in [1.29, 1.82) is 0 Å². The Bertz CT molecular complexity index is 615. The molecule has 5 heteroatoms. The van der Waals surface area contributed by atoms with E-state index in [4.69, 9.17) is 4.74 Å². The summed E-state index contributed by atoms with van der Waals surface area (Å²) in [7, 11) is 0. The number of nitrogens with zero attached hydrogens (tertiary/aromatic N) is 1. The second-order valence-corrected chi connectivity index (χ2v) is 5.76. The zero-order chi connectivity index (χ0) is 15.3. The number of hydrogen-bond acceptors (Lipinski definition) is 4. The number of ether oxygens (including phenoxy) is 1. The van der Waals surface area contributed by atoms with Crippen LogP contribution in [0.4, 0.5) is 10.5 Å². The van der Waals surface area contributed by atoms with Crippen LogP contribution < -0.4 is 10.6 Å². The summed E-state index contributed by atoms with van der Waals surface area (Å²) in [4.78, 5) is 15.7. The molecule has 2 rings (SSSR count). The van der Waals surface area contributed by atoms with Crippen LogP contribution in [-0.4, -0.2) is 29.8 Å². The Morgan fingerprint density at radius 1 is 1.24 bits per heavy atom. The first-order valence-electron chi connectivity index (χ1n) is 6.99. The molecule has 0 bridgehead atoms. The molecule has 1 heterocycles. The minimum atomic E-state index is -0.473. The van der Waals surface area contributed by atoms with Gasteiger partial charge in [-0.2, -0.15) is 0 Å². The van der Waals surface area contributed by atoms with Crippen molar-refractivity contribution in [3.63, 3.8) is 0 Å². The molecule has 0 spiro atoms. The maximum atomic E-state index is 11.5. The monoisotopic (exact) mass is 287 g/mol. The third-order valence-corrected chi connectivity index (χ3v) is 2.79. The van der Waals surface area contributed by atoms with Gasteiger partial charge in [0.15, 0.2) is 0 Å². The summed E-state index contributed by atoms with van der Waals surface area (Å²) in [5.74, 6) is 0. The topological polar surface area (TPSA) is 63.2 Å². The predicted molar refractivity (Wildman–Crippen MR) is 84.5 cm³/mol. The maximum Gasteiger partial charge on any atom is 0.407 e. The lowest BCUT2D eigenvalue weighted by Crippen LogP contribution is -2.35. The maximum absolute atomic E-state index is 11.5. The lowest BCUT2D eigenvalue weighted by atomic mass is 10.1. The Hall–Kier alpha value is -2.30. The van der Waals surface area contributed by atoms with Crippen molar-refractivity contribution in [2.24, 2.45) is 0 Å². The number of benzene rings is 1. The molecule has 21 heavy (non-hydrogen) atoms. The number of aromatic nitrogens is 1. The van der Waals surface area contributed by atoms with Gasteiger partial charge < -0.3 is 15.4 Å². The van der Waals surface area contributed by atoms with Gasteiger partial charge in [0.05, 0.1) is 0 Å². The van der Waals surface area contributed by atoms with E-state index in [-0.39, 0.29) is 0 Å². The van der Waals surface area contributed by atoms with Gasteiger partial charge in [0.2, 0.25) is 0 Å². The van der Waals surface area contributed by atoms with Gasteiger partial charge in [0, 0.05) is 36.6 Å². The quantitative estimate of drug-likeness (QED) is 0.848. The average molecular weight is 287 g/mol. The van der Waals surface area contributed by atoms with Crippen molar-refractivity contribution in [1.82, 2.24) is 10.3 Å². The predicted octanol–water partition coefficient (Wildman–Crippen LogP) is 3.17. The Balaban J connectivity index is 1.84.